The van der Waals surface area contributed by atoms with Crippen LogP contribution in [0, 0.1) is 18.3 Å². The molecule has 1 heterocycles. The number of aryl methyl sites for hydroxylation is 1. The second-order valence-electron chi connectivity index (χ2n) is 3.95. The van der Waals surface area contributed by atoms with Crippen molar-refractivity contribution in [3.05, 3.63) is 45.6 Å². The monoisotopic (exact) mass is 258 g/mol. The molecule has 0 aliphatic rings. The first kappa shape index (κ1) is 12.5. The molecule has 3 nitrogen and oxygen atoms in total. The van der Waals surface area contributed by atoms with Crippen molar-refractivity contribution < 1.29 is 4.74 Å². The van der Waals surface area contributed by atoms with E-state index in [9.17, 15) is 0 Å². The Kier molecular flexibility index (Phi) is 3.85. The molecule has 0 bridgehead atoms. The molecule has 1 N–H and O–H groups in total. The third-order valence-electron chi connectivity index (χ3n) is 2.64. The van der Waals surface area contributed by atoms with Crippen molar-refractivity contribution in [2.24, 2.45) is 0 Å². The molecule has 0 fully saturated rings. The molecule has 0 spiro atoms. The van der Waals surface area contributed by atoms with E-state index in [0.717, 1.165) is 34.0 Å². The molecule has 1 aromatic heterocycles. The molecule has 18 heavy (non-hydrogen) atoms. The minimum absolute atomic E-state index is 0.725. The number of anilines is 1. The summed E-state index contributed by atoms with van der Waals surface area (Å²) >= 11 is 1.60. The standard InChI is InChI=1S/C14H14N2OS/c1-10-5-12(3-4-14(10)17-2)16-8-13-6-11(7-15)9-18-13/h3-6,9,16H,8H2,1-2H3. The van der Waals surface area contributed by atoms with Crippen LogP contribution in [0.3, 0.4) is 0 Å². The summed E-state index contributed by atoms with van der Waals surface area (Å²) in [6.07, 6.45) is 0. The number of nitrogens with zero attached hydrogens (tertiary/aromatic N) is 1. The van der Waals surface area contributed by atoms with Crippen molar-refractivity contribution in [2.75, 3.05) is 12.4 Å². The first-order valence-electron chi connectivity index (χ1n) is 5.59. The van der Waals surface area contributed by atoms with Crippen LogP contribution in [0.4, 0.5) is 5.69 Å². The molecule has 4 heteroatoms. The van der Waals surface area contributed by atoms with Gasteiger partial charge in [0.05, 0.1) is 12.7 Å². The highest BCUT2D eigenvalue weighted by Gasteiger charge is 2.01. The van der Waals surface area contributed by atoms with E-state index in [-0.39, 0.29) is 0 Å². The zero-order chi connectivity index (χ0) is 13.0. The summed E-state index contributed by atoms with van der Waals surface area (Å²) < 4.78 is 5.22. The van der Waals surface area contributed by atoms with Crippen LogP contribution in [0.25, 0.3) is 0 Å². The predicted octanol–water partition coefficient (Wildman–Crippen LogP) is 3.55. The number of methoxy groups -OCH3 is 1. The zero-order valence-corrected chi connectivity index (χ0v) is 11.2. The molecule has 92 valence electrons. The van der Waals surface area contributed by atoms with Crippen LogP contribution in [0.2, 0.25) is 0 Å². The second kappa shape index (κ2) is 5.56. The Morgan fingerprint density at radius 3 is 2.83 bits per heavy atom. The first-order chi connectivity index (χ1) is 8.72. The molecular formula is C14H14N2OS. The number of hydrogen-bond acceptors (Lipinski definition) is 4. The molecule has 0 saturated heterocycles. The van der Waals surface area contributed by atoms with Gasteiger partial charge in [-0.05, 0) is 36.8 Å². The number of nitriles is 1. The Balaban J connectivity index is 2.02. The number of thiophene rings is 1. The van der Waals surface area contributed by atoms with E-state index >= 15 is 0 Å². The SMILES string of the molecule is COc1ccc(NCc2cc(C#N)cs2)cc1C. The molecule has 0 aliphatic carbocycles. The number of nitrogens with one attached hydrogen (secondary N) is 1. The number of benzene rings is 1. The average molecular weight is 258 g/mol. The molecule has 2 aromatic rings. The van der Waals surface area contributed by atoms with Gasteiger partial charge in [0.2, 0.25) is 0 Å². The van der Waals surface area contributed by atoms with Crippen molar-refractivity contribution in [1.29, 1.82) is 5.26 Å². The van der Waals surface area contributed by atoms with E-state index < -0.39 is 0 Å². The van der Waals surface area contributed by atoms with Gasteiger partial charge in [0, 0.05) is 22.5 Å². The Morgan fingerprint density at radius 1 is 1.39 bits per heavy atom. The summed E-state index contributed by atoms with van der Waals surface area (Å²) in [7, 11) is 1.67. The van der Waals surface area contributed by atoms with Gasteiger partial charge in [0.15, 0.2) is 0 Å². The van der Waals surface area contributed by atoms with Crippen LogP contribution in [0.5, 0.6) is 5.75 Å². The minimum Gasteiger partial charge on any atom is -0.496 e. The molecule has 0 amide bonds. The maximum absolute atomic E-state index is 8.75. The lowest BCUT2D eigenvalue weighted by molar-refractivity contribution is 0.412. The third-order valence-corrected chi connectivity index (χ3v) is 3.58. The van der Waals surface area contributed by atoms with Crippen molar-refractivity contribution in [2.45, 2.75) is 13.5 Å². The third kappa shape index (κ3) is 2.82. The summed E-state index contributed by atoms with van der Waals surface area (Å²) in [5, 5.41) is 14.0. The van der Waals surface area contributed by atoms with E-state index in [1.807, 2.05) is 30.5 Å². The summed E-state index contributed by atoms with van der Waals surface area (Å²) in [5.74, 6) is 0.892. The van der Waals surface area contributed by atoms with Crippen molar-refractivity contribution in [1.82, 2.24) is 0 Å². The van der Waals surface area contributed by atoms with Gasteiger partial charge in [-0.25, -0.2) is 0 Å². The number of ether oxygens (including phenoxy) is 1. The largest absolute Gasteiger partial charge is 0.496 e. The van der Waals surface area contributed by atoms with Gasteiger partial charge in [0.1, 0.15) is 11.8 Å². The van der Waals surface area contributed by atoms with Gasteiger partial charge < -0.3 is 10.1 Å². The average Bonchev–Trinajstić information content (AvgIpc) is 2.84. The topological polar surface area (TPSA) is 45.0 Å². The molecule has 0 saturated carbocycles. The molecule has 0 aliphatic heterocycles. The van der Waals surface area contributed by atoms with Crippen LogP contribution in [0.1, 0.15) is 16.0 Å². The highest BCUT2D eigenvalue weighted by atomic mass is 32.1. The first-order valence-corrected chi connectivity index (χ1v) is 6.47. The van der Waals surface area contributed by atoms with Gasteiger partial charge in [0.25, 0.3) is 0 Å². The minimum atomic E-state index is 0.725. The normalized spacial score (nSPS) is 9.83. The smallest absolute Gasteiger partial charge is 0.121 e. The quantitative estimate of drug-likeness (QED) is 0.912. The van der Waals surface area contributed by atoms with Crippen LogP contribution >= 0.6 is 11.3 Å². The Hall–Kier alpha value is -1.99. The molecule has 1 aromatic carbocycles. The maximum atomic E-state index is 8.75. The van der Waals surface area contributed by atoms with Gasteiger partial charge in [-0.3, -0.25) is 0 Å². The maximum Gasteiger partial charge on any atom is 0.121 e. The fourth-order valence-corrected chi connectivity index (χ4v) is 2.46. The van der Waals surface area contributed by atoms with E-state index in [1.54, 1.807) is 18.4 Å². The lowest BCUT2D eigenvalue weighted by Crippen LogP contribution is -1.98. The fraction of sp³-hybridized carbons (Fsp3) is 0.214. The fourth-order valence-electron chi connectivity index (χ4n) is 1.71. The number of rotatable bonds is 4. The van der Waals surface area contributed by atoms with E-state index in [1.165, 1.54) is 0 Å². The summed E-state index contributed by atoms with van der Waals surface area (Å²) in [6.45, 7) is 2.75. The van der Waals surface area contributed by atoms with Crippen LogP contribution in [-0.2, 0) is 6.54 Å². The molecule has 0 atom stereocenters. The molecular weight excluding hydrogens is 244 g/mol. The van der Waals surface area contributed by atoms with E-state index in [0.29, 0.717) is 0 Å². The molecule has 0 unspecified atom stereocenters. The van der Waals surface area contributed by atoms with Crippen molar-refractivity contribution in [3.8, 4) is 11.8 Å². The van der Waals surface area contributed by atoms with E-state index in [4.69, 9.17) is 10.00 Å². The summed E-state index contributed by atoms with van der Waals surface area (Å²) in [5.41, 5.74) is 2.88. The van der Waals surface area contributed by atoms with Crippen LogP contribution < -0.4 is 10.1 Å². The van der Waals surface area contributed by atoms with Crippen molar-refractivity contribution in [3.63, 3.8) is 0 Å². The van der Waals surface area contributed by atoms with Crippen molar-refractivity contribution >= 4 is 17.0 Å². The van der Waals surface area contributed by atoms with Crippen LogP contribution in [0.15, 0.2) is 29.6 Å². The lowest BCUT2D eigenvalue weighted by atomic mass is 10.2. The predicted molar refractivity (Wildman–Crippen MR) is 74.1 cm³/mol. The van der Waals surface area contributed by atoms with Gasteiger partial charge in [-0.2, -0.15) is 5.26 Å². The highest BCUT2D eigenvalue weighted by Crippen LogP contribution is 2.22. The zero-order valence-electron chi connectivity index (χ0n) is 10.4. The van der Waals surface area contributed by atoms with Gasteiger partial charge in [-0.15, -0.1) is 11.3 Å². The van der Waals surface area contributed by atoms with E-state index in [2.05, 4.69) is 17.5 Å². The van der Waals surface area contributed by atoms with Crippen LogP contribution in [-0.4, -0.2) is 7.11 Å². The lowest BCUT2D eigenvalue weighted by Gasteiger charge is -2.09. The molecule has 2 rings (SSSR count). The second-order valence-corrected chi connectivity index (χ2v) is 4.95. The highest BCUT2D eigenvalue weighted by molar-refractivity contribution is 7.10. The number of hydrogen-bond donors (Lipinski definition) is 1. The Bertz CT molecular complexity index is 584. The molecule has 0 radical (unpaired) electrons. The van der Waals surface area contributed by atoms with Gasteiger partial charge >= 0.3 is 0 Å². The Labute approximate surface area is 111 Å². The summed E-state index contributed by atoms with van der Waals surface area (Å²) in [4.78, 5) is 1.15. The van der Waals surface area contributed by atoms with Gasteiger partial charge in [-0.1, -0.05) is 0 Å². The Morgan fingerprint density at radius 2 is 2.22 bits per heavy atom. The summed E-state index contributed by atoms with van der Waals surface area (Å²) in [6, 6.07) is 10.0.